The van der Waals surface area contributed by atoms with Gasteiger partial charge >= 0.3 is 12.2 Å². The predicted molar refractivity (Wildman–Crippen MR) is 259 cm³/mol. The number of nitrogens with zero attached hydrogens (tertiary/aromatic N) is 4. The van der Waals surface area contributed by atoms with E-state index in [1.54, 1.807) is 47.8 Å². The molecular formula is C54H58N4O6. The summed E-state index contributed by atoms with van der Waals surface area (Å²) >= 11 is 0. The maximum absolute atomic E-state index is 14.2. The maximum atomic E-state index is 14.2. The van der Waals surface area contributed by atoms with Crippen LogP contribution in [0.25, 0.3) is 43.1 Å². The first-order valence-electron chi connectivity index (χ1n) is 21.7. The van der Waals surface area contributed by atoms with Crippen LogP contribution in [-0.2, 0) is 45.0 Å². The van der Waals surface area contributed by atoms with Crippen LogP contribution in [0.4, 0.5) is 21.0 Å². The molecule has 0 unspecified atom stereocenters. The van der Waals surface area contributed by atoms with Gasteiger partial charge in [0.15, 0.2) is 0 Å². The summed E-state index contributed by atoms with van der Waals surface area (Å²) in [5, 5.41) is 7.26. The number of likely N-dealkylation sites (N-methyl/N-ethyl adjacent to an activating group) is 2. The van der Waals surface area contributed by atoms with Gasteiger partial charge in [-0.25, -0.2) is 9.59 Å². The van der Waals surface area contributed by atoms with E-state index in [0.717, 1.165) is 76.7 Å². The average Bonchev–Trinajstić information content (AvgIpc) is 3.25. The molecule has 0 aliphatic rings. The highest BCUT2D eigenvalue weighted by Crippen LogP contribution is 2.41. The molecule has 0 saturated heterocycles. The maximum Gasteiger partial charge on any atom is 0.414 e. The minimum atomic E-state index is -0.663. The molecule has 0 radical (unpaired) electrons. The highest BCUT2D eigenvalue weighted by atomic mass is 16.6. The van der Waals surface area contributed by atoms with Crippen molar-refractivity contribution >= 4 is 78.5 Å². The topological polar surface area (TPSA) is 99.7 Å². The van der Waals surface area contributed by atoms with Crippen molar-refractivity contribution in [3.63, 3.8) is 0 Å². The molecule has 0 saturated carbocycles. The number of carbonyl (C=O) groups excluding carboxylic acids is 4. The fourth-order valence-corrected chi connectivity index (χ4v) is 8.45. The van der Waals surface area contributed by atoms with Gasteiger partial charge in [0.2, 0.25) is 11.8 Å². The number of fused-ring (bicyclic) bond motifs is 4. The van der Waals surface area contributed by atoms with Gasteiger partial charge in [0.25, 0.3) is 0 Å². The number of hydrogen-bond donors (Lipinski definition) is 0. The minimum absolute atomic E-state index is 0.0919. The van der Waals surface area contributed by atoms with Crippen LogP contribution in [0.2, 0.25) is 0 Å². The summed E-state index contributed by atoms with van der Waals surface area (Å²) in [5.74, 6) is -0.184. The lowest BCUT2D eigenvalue weighted by Crippen LogP contribution is -2.34. The Kier molecular flexibility index (Phi) is 12.7. The third-order valence-corrected chi connectivity index (χ3v) is 11.5. The summed E-state index contributed by atoms with van der Waals surface area (Å²) in [6, 6.07) is 39.4. The second-order valence-corrected chi connectivity index (χ2v) is 18.5. The lowest BCUT2D eigenvalue weighted by atomic mass is 9.93. The Balaban J connectivity index is 1.12. The Labute approximate surface area is 375 Å². The van der Waals surface area contributed by atoms with Crippen molar-refractivity contribution in [1.82, 2.24) is 9.80 Å². The molecule has 7 rings (SSSR count). The van der Waals surface area contributed by atoms with Crippen LogP contribution >= 0.6 is 0 Å². The molecule has 10 heteroatoms. The van der Waals surface area contributed by atoms with Crippen molar-refractivity contribution in [3.8, 4) is 0 Å². The largest absolute Gasteiger partial charge is 0.443 e. The molecule has 0 bridgehead atoms. The van der Waals surface area contributed by atoms with E-state index in [4.69, 9.17) is 9.47 Å². The van der Waals surface area contributed by atoms with E-state index in [9.17, 15) is 19.2 Å². The van der Waals surface area contributed by atoms with Gasteiger partial charge in [0, 0.05) is 62.8 Å². The van der Waals surface area contributed by atoms with E-state index < -0.39 is 23.4 Å². The zero-order chi connectivity index (χ0) is 46.1. The normalized spacial score (nSPS) is 11.8. The van der Waals surface area contributed by atoms with Gasteiger partial charge in [0.05, 0.1) is 24.2 Å². The molecule has 0 aliphatic carbocycles. The minimum Gasteiger partial charge on any atom is -0.443 e. The Morgan fingerprint density at radius 1 is 0.406 bits per heavy atom. The van der Waals surface area contributed by atoms with Crippen LogP contribution in [-0.4, -0.2) is 73.2 Å². The zero-order valence-corrected chi connectivity index (χ0v) is 38.6. The summed E-state index contributed by atoms with van der Waals surface area (Å²) in [6.45, 7) is 11.7. The van der Waals surface area contributed by atoms with Crippen molar-refractivity contribution in [2.45, 2.75) is 78.7 Å². The van der Waals surface area contributed by atoms with Crippen LogP contribution < -0.4 is 9.80 Å². The van der Waals surface area contributed by atoms with Crippen LogP contribution in [0.15, 0.2) is 121 Å². The quantitative estimate of drug-likeness (QED) is 0.127. The lowest BCUT2D eigenvalue weighted by Gasteiger charge is -2.28. The summed E-state index contributed by atoms with van der Waals surface area (Å²) < 4.78 is 11.5. The fraction of sp³-hybridized carbons (Fsp3) is 0.296. The van der Waals surface area contributed by atoms with E-state index in [0.29, 0.717) is 13.1 Å². The summed E-state index contributed by atoms with van der Waals surface area (Å²) in [6.07, 6.45) is -0.680. The fourth-order valence-electron chi connectivity index (χ4n) is 8.45. The number of anilines is 2. The standard InChI is InChI=1S/C54H58N4O6/c1-53(2,3)63-51(61)57(9)49-41-27-17-13-23-37(41)45(38-24-14-18-28-42(38)49)33-55(7)47(59)31-35-21-11-12-22-36(35)32-48(60)56(8)34-46-39-25-15-19-29-43(39)50(44-30-20-16-26-40(44)46)58(10)52(62)64-54(4,5)6/h11-30H,31-34H2,1-10H3. The van der Waals surface area contributed by atoms with Gasteiger partial charge in [-0.3, -0.25) is 19.4 Å². The number of benzene rings is 7. The smallest absolute Gasteiger partial charge is 0.414 e. The molecule has 0 atom stereocenters. The third kappa shape index (κ3) is 9.51. The van der Waals surface area contributed by atoms with Crippen LogP contribution in [0.5, 0.6) is 0 Å². The molecule has 0 fully saturated rings. The predicted octanol–water partition coefficient (Wildman–Crippen LogP) is 11.4. The van der Waals surface area contributed by atoms with Crippen molar-refractivity contribution in [1.29, 1.82) is 0 Å². The van der Waals surface area contributed by atoms with E-state index in [-0.39, 0.29) is 24.7 Å². The Hall–Kier alpha value is -6.94. The molecule has 10 nitrogen and oxygen atoms in total. The molecule has 7 aromatic carbocycles. The van der Waals surface area contributed by atoms with Crippen molar-refractivity contribution < 1.29 is 28.7 Å². The molecule has 330 valence electrons. The number of hydrogen-bond acceptors (Lipinski definition) is 6. The average molecular weight is 859 g/mol. The highest BCUT2D eigenvalue weighted by Gasteiger charge is 2.28. The number of amides is 4. The first kappa shape index (κ1) is 45.1. The van der Waals surface area contributed by atoms with Gasteiger partial charge in [-0.2, -0.15) is 0 Å². The highest BCUT2D eigenvalue weighted by molar-refractivity contribution is 6.18. The first-order valence-corrected chi connectivity index (χ1v) is 21.7. The van der Waals surface area contributed by atoms with Gasteiger partial charge in [-0.1, -0.05) is 121 Å². The molecule has 0 heterocycles. The summed E-state index contributed by atoms with van der Waals surface area (Å²) in [4.78, 5) is 61.7. The van der Waals surface area contributed by atoms with Gasteiger partial charge < -0.3 is 19.3 Å². The third-order valence-electron chi connectivity index (χ3n) is 11.5. The molecule has 7 aromatic rings. The number of rotatable bonds is 10. The molecule has 0 spiro atoms. The molecule has 4 amide bonds. The van der Waals surface area contributed by atoms with Gasteiger partial charge in [-0.05, 0) is 85.3 Å². The van der Waals surface area contributed by atoms with Crippen molar-refractivity contribution in [3.05, 3.63) is 144 Å². The van der Waals surface area contributed by atoms with E-state index in [1.807, 2.05) is 163 Å². The van der Waals surface area contributed by atoms with Crippen molar-refractivity contribution in [2.75, 3.05) is 38.0 Å². The second-order valence-electron chi connectivity index (χ2n) is 18.5. The lowest BCUT2D eigenvalue weighted by molar-refractivity contribution is -0.130. The van der Waals surface area contributed by atoms with Gasteiger partial charge in [0.1, 0.15) is 11.2 Å². The molecule has 0 N–H and O–H groups in total. The van der Waals surface area contributed by atoms with E-state index in [2.05, 4.69) is 0 Å². The van der Waals surface area contributed by atoms with Crippen molar-refractivity contribution in [2.24, 2.45) is 0 Å². The number of ether oxygens (including phenoxy) is 2. The Morgan fingerprint density at radius 2 is 0.656 bits per heavy atom. The molecule has 64 heavy (non-hydrogen) atoms. The van der Waals surface area contributed by atoms with Gasteiger partial charge in [-0.15, -0.1) is 0 Å². The molecular weight excluding hydrogens is 801 g/mol. The second kappa shape index (κ2) is 18.0. The van der Waals surface area contributed by atoms with E-state index >= 15 is 0 Å². The summed E-state index contributed by atoms with van der Waals surface area (Å²) in [7, 11) is 7.07. The van der Waals surface area contributed by atoms with Crippen LogP contribution in [0, 0.1) is 0 Å². The number of carbonyl (C=O) groups is 4. The summed E-state index contributed by atoms with van der Waals surface area (Å²) in [5.41, 5.74) is 3.67. The van der Waals surface area contributed by atoms with Crippen LogP contribution in [0.3, 0.4) is 0 Å². The van der Waals surface area contributed by atoms with Crippen LogP contribution in [0.1, 0.15) is 63.8 Å². The monoisotopic (exact) mass is 858 g/mol. The molecule has 0 aromatic heterocycles. The zero-order valence-electron chi connectivity index (χ0n) is 38.6. The SMILES string of the molecule is CN(Cc1c2ccccc2c(N(C)C(=O)OC(C)(C)C)c2ccccc12)C(=O)Cc1ccccc1CC(=O)N(C)Cc1c2ccccc2c(N(C)C(=O)OC(C)(C)C)c2ccccc12. The van der Waals surface area contributed by atoms with E-state index in [1.165, 1.54) is 0 Å². The Morgan fingerprint density at radius 3 is 0.922 bits per heavy atom. The first-order chi connectivity index (χ1) is 30.3. The Bertz CT molecular complexity index is 2620. The molecule has 0 aliphatic heterocycles.